The van der Waals surface area contributed by atoms with Crippen molar-refractivity contribution in [1.82, 2.24) is 14.9 Å². The number of hydrogen-bond donors (Lipinski definition) is 1. The number of benzene rings is 1. The van der Waals surface area contributed by atoms with Crippen LogP contribution in [0.3, 0.4) is 0 Å². The quantitative estimate of drug-likeness (QED) is 0.829. The van der Waals surface area contributed by atoms with Gasteiger partial charge in [0.15, 0.2) is 0 Å². The van der Waals surface area contributed by atoms with Crippen LogP contribution in [0.5, 0.6) is 0 Å². The minimum absolute atomic E-state index is 0.0656. The molecule has 1 aromatic carbocycles. The SMILES string of the molecule is CCCc1nnsc1C(Cc1cc(F)ccc1Cl)NCC. The van der Waals surface area contributed by atoms with Crippen LogP contribution in [-0.4, -0.2) is 16.1 Å². The minimum atomic E-state index is -0.263. The molecular formula is C15H19ClFN3S. The molecule has 114 valence electrons. The lowest BCUT2D eigenvalue weighted by Crippen LogP contribution is -2.23. The molecule has 0 spiro atoms. The summed E-state index contributed by atoms with van der Waals surface area (Å²) in [6.45, 7) is 4.99. The second-order valence-electron chi connectivity index (χ2n) is 4.88. The fourth-order valence-electron chi connectivity index (χ4n) is 2.31. The third-order valence-electron chi connectivity index (χ3n) is 3.27. The van der Waals surface area contributed by atoms with Crippen LogP contribution in [0.15, 0.2) is 18.2 Å². The predicted octanol–water partition coefficient (Wildman–Crippen LogP) is 4.18. The second kappa shape index (κ2) is 7.82. The normalized spacial score (nSPS) is 12.6. The minimum Gasteiger partial charge on any atom is -0.309 e. The molecule has 6 heteroatoms. The molecule has 1 heterocycles. The van der Waals surface area contributed by atoms with Crippen molar-refractivity contribution in [2.75, 3.05) is 6.54 Å². The van der Waals surface area contributed by atoms with Gasteiger partial charge < -0.3 is 5.32 Å². The molecule has 1 aromatic heterocycles. The maximum absolute atomic E-state index is 13.4. The summed E-state index contributed by atoms with van der Waals surface area (Å²) in [4.78, 5) is 1.12. The molecule has 0 bridgehead atoms. The summed E-state index contributed by atoms with van der Waals surface area (Å²) >= 11 is 7.59. The average Bonchev–Trinajstić information content (AvgIpc) is 2.91. The first-order valence-corrected chi connectivity index (χ1v) is 8.29. The number of nitrogens with zero attached hydrogens (tertiary/aromatic N) is 2. The van der Waals surface area contributed by atoms with E-state index in [1.165, 1.54) is 23.7 Å². The summed E-state index contributed by atoms with van der Waals surface area (Å²) in [6, 6.07) is 4.55. The van der Waals surface area contributed by atoms with E-state index in [4.69, 9.17) is 11.6 Å². The molecule has 0 amide bonds. The predicted molar refractivity (Wildman–Crippen MR) is 85.4 cm³/mol. The largest absolute Gasteiger partial charge is 0.309 e. The number of likely N-dealkylation sites (N-methyl/N-ethyl adjacent to an activating group) is 1. The molecule has 2 rings (SSSR count). The van der Waals surface area contributed by atoms with E-state index in [1.54, 1.807) is 6.07 Å². The Hall–Kier alpha value is -1.04. The van der Waals surface area contributed by atoms with E-state index >= 15 is 0 Å². The van der Waals surface area contributed by atoms with Gasteiger partial charge in [0, 0.05) is 11.1 Å². The standard InChI is InChI=1S/C15H19ClFN3S/c1-3-5-13-15(21-20-19-13)14(18-4-2)9-10-8-11(17)6-7-12(10)16/h6-8,14,18H,3-5,9H2,1-2H3. The van der Waals surface area contributed by atoms with E-state index in [0.717, 1.165) is 35.5 Å². The maximum Gasteiger partial charge on any atom is 0.123 e. The highest BCUT2D eigenvalue weighted by molar-refractivity contribution is 7.05. The van der Waals surface area contributed by atoms with Crippen molar-refractivity contribution in [2.24, 2.45) is 0 Å². The Morgan fingerprint density at radius 1 is 1.38 bits per heavy atom. The Bertz CT molecular complexity index is 588. The molecule has 21 heavy (non-hydrogen) atoms. The van der Waals surface area contributed by atoms with Crippen molar-refractivity contribution >= 4 is 23.1 Å². The first kappa shape index (κ1) is 16.3. The summed E-state index contributed by atoms with van der Waals surface area (Å²) in [5, 5.41) is 8.23. The molecular weight excluding hydrogens is 309 g/mol. The van der Waals surface area contributed by atoms with Crippen molar-refractivity contribution in [3.8, 4) is 0 Å². The molecule has 0 saturated heterocycles. The van der Waals surface area contributed by atoms with Crippen LogP contribution in [0.4, 0.5) is 4.39 Å². The third kappa shape index (κ3) is 4.22. The summed E-state index contributed by atoms with van der Waals surface area (Å²) in [7, 11) is 0. The highest BCUT2D eigenvalue weighted by Gasteiger charge is 2.20. The lowest BCUT2D eigenvalue weighted by molar-refractivity contribution is 0.548. The zero-order valence-corrected chi connectivity index (χ0v) is 13.8. The van der Waals surface area contributed by atoms with Gasteiger partial charge in [-0.25, -0.2) is 4.39 Å². The second-order valence-corrected chi connectivity index (χ2v) is 6.08. The maximum atomic E-state index is 13.4. The molecule has 0 saturated carbocycles. The highest BCUT2D eigenvalue weighted by Crippen LogP contribution is 2.28. The van der Waals surface area contributed by atoms with Gasteiger partial charge in [-0.15, -0.1) is 5.10 Å². The van der Waals surface area contributed by atoms with Crippen LogP contribution >= 0.6 is 23.1 Å². The van der Waals surface area contributed by atoms with E-state index in [9.17, 15) is 4.39 Å². The van der Waals surface area contributed by atoms with E-state index in [1.807, 2.05) is 6.92 Å². The average molecular weight is 328 g/mol. The van der Waals surface area contributed by atoms with Crippen molar-refractivity contribution < 1.29 is 4.39 Å². The van der Waals surface area contributed by atoms with Gasteiger partial charge in [0.05, 0.1) is 10.6 Å². The first-order valence-electron chi connectivity index (χ1n) is 7.14. The van der Waals surface area contributed by atoms with Crippen LogP contribution in [-0.2, 0) is 12.8 Å². The molecule has 1 N–H and O–H groups in total. The Kier molecular flexibility index (Phi) is 6.08. The fraction of sp³-hybridized carbons (Fsp3) is 0.467. The molecule has 1 unspecified atom stereocenters. The molecule has 1 atom stereocenters. The van der Waals surface area contributed by atoms with Crippen LogP contribution < -0.4 is 5.32 Å². The first-order chi connectivity index (χ1) is 10.2. The molecule has 0 aliphatic rings. The Morgan fingerprint density at radius 2 is 2.19 bits per heavy atom. The number of rotatable bonds is 7. The van der Waals surface area contributed by atoms with Gasteiger partial charge in [0.2, 0.25) is 0 Å². The lowest BCUT2D eigenvalue weighted by Gasteiger charge is -2.18. The van der Waals surface area contributed by atoms with Crippen LogP contribution in [0.2, 0.25) is 5.02 Å². The summed E-state index contributed by atoms with van der Waals surface area (Å²) in [5.74, 6) is -0.263. The third-order valence-corrected chi connectivity index (χ3v) is 4.52. The number of aromatic nitrogens is 2. The zero-order chi connectivity index (χ0) is 15.2. The van der Waals surface area contributed by atoms with Crippen molar-refractivity contribution in [3.05, 3.63) is 45.2 Å². The van der Waals surface area contributed by atoms with Gasteiger partial charge in [-0.1, -0.05) is 36.4 Å². The van der Waals surface area contributed by atoms with Gasteiger partial charge in [0.1, 0.15) is 5.82 Å². The summed E-state index contributed by atoms with van der Waals surface area (Å²) in [5.41, 5.74) is 1.83. The van der Waals surface area contributed by atoms with E-state index in [2.05, 4.69) is 21.8 Å². The van der Waals surface area contributed by atoms with Crippen molar-refractivity contribution in [1.29, 1.82) is 0 Å². The van der Waals surface area contributed by atoms with E-state index in [0.29, 0.717) is 11.4 Å². The highest BCUT2D eigenvalue weighted by atomic mass is 35.5. The molecule has 0 radical (unpaired) electrons. The van der Waals surface area contributed by atoms with Crippen molar-refractivity contribution in [2.45, 2.75) is 39.2 Å². The van der Waals surface area contributed by atoms with E-state index < -0.39 is 0 Å². The Balaban J connectivity index is 2.26. The lowest BCUT2D eigenvalue weighted by atomic mass is 10.0. The zero-order valence-electron chi connectivity index (χ0n) is 12.2. The Morgan fingerprint density at radius 3 is 2.90 bits per heavy atom. The van der Waals surface area contributed by atoms with Crippen LogP contribution in [0.25, 0.3) is 0 Å². The van der Waals surface area contributed by atoms with Gasteiger partial charge in [-0.3, -0.25) is 0 Å². The monoisotopic (exact) mass is 327 g/mol. The van der Waals surface area contributed by atoms with Gasteiger partial charge >= 0.3 is 0 Å². The van der Waals surface area contributed by atoms with Gasteiger partial charge in [-0.2, -0.15) is 0 Å². The number of halogens is 2. The molecule has 0 fully saturated rings. The summed E-state index contributed by atoms with van der Waals surface area (Å²) < 4.78 is 17.5. The number of hydrogen-bond acceptors (Lipinski definition) is 4. The Labute approximate surface area is 133 Å². The molecule has 3 nitrogen and oxygen atoms in total. The van der Waals surface area contributed by atoms with Gasteiger partial charge in [-0.05, 0) is 54.7 Å². The molecule has 0 aliphatic heterocycles. The van der Waals surface area contributed by atoms with Crippen LogP contribution in [0.1, 0.15) is 42.4 Å². The number of aryl methyl sites for hydroxylation is 1. The van der Waals surface area contributed by atoms with Crippen LogP contribution in [0, 0.1) is 5.82 Å². The van der Waals surface area contributed by atoms with Crippen molar-refractivity contribution in [3.63, 3.8) is 0 Å². The number of nitrogens with one attached hydrogen (secondary N) is 1. The van der Waals surface area contributed by atoms with Gasteiger partial charge in [0.25, 0.3) is 0 Å². The topological polar surface area (TPSA) is 37.8 Å². The van der Waals surface area contributed by atoms with E-state index in [-0.39, 0.29) is 11.9 Å². The molecule has 2 aromatic rings. The smallest absolute Gasteiger partial charge is 0.123 e. The summed E-state index contributed by atoms with van der Waals surface area (Å²) in [6.07, 6.45) is 2.56. The molecule has 0 aliphatic carbocycles. The fourth-order valence-corrected chi connectivity index (χ4v) is 3.28.